The van der Waals surface area contributed by atoms with Crippen molar-refractivity contribution in [2.45, 2.75) is 63.5 Å². The van der Waals surface area contributed by atoms with E-state index in [-0.39, 0.29) is 23.4 Å². The molecule has 2 aliphatic rings. The van der Waals surface area contributed by atoms with Crippen LogP contribution in [-0.4, -0.2) is 54.5 Å². The average molecular weight is 450 g/mol. The number of hydrogen-bond donors (Lipinski definition) is 0. The molecule has 8 nitrogen and oxygen atoms in total. The van der Waals surface area contributed by atoms with E-state index in [9.17, 15) is 13.2 Å². The summed E-state index contributed by atoms with van der Waals surface area (Å²) >= 11 is 0. The lowest BCUT2D eigenvalue weighted by atomic mass is 9.89. The number of carbonyl (C=O) groups excluding carboxylic acids is 1. The Morgan fingerprint density at radius 3 is 2.65 bits per heavy atom. The Morgan fingerprint density at radius 2 is 1.94 bits per heavy atom. The lowest BCUT2D eigenvalue weighted by Gasteiger charge is -2.26. The molecule has 1 aromatic heterocycles. The van der Waals surface area contributed by atoms with Crippen LogP contribution < -0.4 is 0 Å². The summed E-state index contributed by atoms with van der Waals surface area (Å²) in [5.74, 6) is 0.496. The third-order valence-electron chi connectivity index (χ3n) is 6.14. The first-order valence-corrected chi connectivity index (χ1v) is 12.7. The zero-order valence-corrected chi connectivity index (χ0v) is 18.9. The van der Waals surface area contributed by atoms with E-state index in [0.717, 1.165) is 44.2 Å². The van der Waals surface area contributed by atoms with Crippen LogP contribution in [0.2, 0.25) is 0 Å². The van der Waals surface area contributed by atoms with Gasteiger partial charge in [0.05, 0.1) is 35.1 Å². The van der Waals surface area contributed by atoms with Crippen molar-refractivity contribution >= 4 is 27.0 Å². The van der Waals surface area contributed by atoms with Gasteiger partial charge in [-0.3, -0.25) is 4.79 Å². The average Bonchev–Trinajstić information content (AvgIpc) is 3.15. The first-order chi connectivity index (χ1) is 15.0. The molecule has 1 saturated carbocycles. The molecule has 0 spiro atoms. The fraction of sp³-hybridized carbons (Fsp3) is 0.636. The van der Waals surface area contributed by atoms with Crippen molar-refractivity contribution in [3.05, 3.63) is 24.0 Å². The molecule has 0 amide bonds. The van der Waals surface area contributed by atoms with E-state index < -0.39 is 10.0 Å². The number of esters is 1. The molecule has 2 heterocycles. The first kappa shape index (κ1) is 22.2. The summed E-state index contributed by atoms with van der Waals surface area (Å²) in [6.07, 6.45) is 6.03. The van der Waals surface area contributed by atoms with Crippen LogP contribution in [0.25, 0.3) is 11.0 Å². The van der Waals surface area contributed by atoms with Crippen molar-refractivity contribution in [2.24, 2.45) is 5.92 Å². The van der Waals surface area contributed by atoms with Gasteiger partial charge in [0.2, 0.25) is 10.0 Å². The second kappa shape index (κ2) is 9.67. The highest BCUT2D eigenvalue weighted by Crippen LogP contribution is 2.27. The topological polar surface area (TPSA) is 90.7 Å². The Bertz CT molecular complexity index is 1020. The summed E-state index contributed by atoms with van der Waals surface area (Å²) in [7, 11) is -3.59. The third-order valence-corrected chi connectivity index (χ3v) is 8.03. The Labute approximate surface area is 183 Å². The lowest BCUT2D eigenvalue weighted by molar-refractivity contribution is -0.151. The molecule has 0 radical (unpaired) electrons. The van der Waals surface area contributed by atoms with E-state index in [1.807, 2.05) is 4.57 Å². The molecule has 1 aliphatic heterocycles. The highest BCUT2D eigenvalue weighted by Gasteiger charge is 2.27. The van der Waals surface area contributed by atoms with Gasteiger partial charge >= 0.3 is 5.97 Å². The van der Waals surface area contributed by atoms with Gasteiger partial charge in [0.15, 0.2) is 0 Å². The predicted octanol–water partition coefficient (Wildman–Crippen LogP) is 3.09. The largest absolute Gasteiger partial charge is 0.457 e. The van der Waals surface area contributed by atoms with Crippen LogP contribution in [0.4, 0.5) is 0 Å². The zero-order chi connectivity index (χ0) is 21.8. The number of benzene rings is 1. The molecule has 0 unspecified atom stereocenters. The maximum absolute atomic E-state index is 13.0. The van der Waals surface area contributed by atoms with Crippen LogP contribution >= 0.6 is 0 Å². The van der Waals surface area contributed by atoms with Crippen LogP contribution in [0.3, 0.4) is 0 Å². The number of fused-ring (bicyclic) bond motifs is 1. The number of imidazole rings is 1. The van der Waals surface area contributed by atoms with Crippen molar-refractivity contribution in [2.75, 3.05) is 26.3 Å². The van der Waals surface area contributed by atoms with E-state index >= 15 is 0 Å². The van der Waals surface area contributed by atoms with Crippen LogP contribution in [0.15, 0.2) is 23.1 Å². The molecule has 0 bridgehead atoms. The number of rotatable bonds is 7. The molecule has 1 aromatic carbocycles. The molecule has 9 heteroatoms. The molecule has 0 atom stereocenters. The number of ether oxygens (including phenoxy) is 2. The van der Waals surface area contributed by atoms with Crippen molar-refractivity contribution in [1.29, 1.82) is 0 Å². The van der Waals surface area contributed by atoms with E-state index in [0.29, 0.717) is 37.6 Å². The number of aryl methyl sites for hydroxylation is 1. The van der Waals surface area contributed by atoms with Gasteiger partial charge in [0, 0.05) is 19.6 Å². The third kappa shape index (κ3) is 4.78. The maximum atomic E-state index is 13.0. The highest BCUT2D eigenvalue weighted by molar-refractivity contribution is 7.89. The van der Waals surface area contributed by atoms with E-state index in [2.05, 4.69) is 11.9 Å². The molecule has 1 aliphatic carbocycles. The van der Waals surface area contributed by atoms with Gasteiger partial charge in [-0.2, -0.15) is 4.31 Å². The molecular weight excluding hydrogens is 418 g/mol. The molecule has 31 heavy (non-hydrogen) atoms. The summed E-state index contributed by atoms with van der Waals surface area (Å²) in [6, 6.07) is 5.06. The Balaban J connectivity index is 1.57. The summed E-state index contributed by atoms with van der Waals surface area (Å²) in [6.45, 7) is 4.42. The molecular formula is C22H31N3O5S. The van der Waals surface area contributed by atoms with Gasteiger partial charge in [-0.1, -0.05) is 26.2 Å². The molecule has 2 aromatic rings. The summed E-state index contributed by atoms with van der Waals surface area (Å²) in [4.78, 5) is 17.3. The first-order valence-electron chi connectivity index (χ1n) is 11.2. The van der Waals surface area contributed by atoms with E-state index in [4.69, 9.17) is 9.47 Å². The molecule has 0 N–H and O–H groups in total. The predicted molar refractivity (Wildman–Crippen MR) is 116 cm³/mol. The molecule has 2 fully saturated rings. The van der Waals surface area contributed by atoms with Crippen LogP contribution in [0.1, 0.15) is 51.3 Å². The SMILES string of the molecule is CCCn1c(COC(=O)C2CCCCC2)nc2cc(S(=O)(=O)N3CCOCC3)ccc21. The Morgan fingerprint density at radius 1 is 1.19 bits per heavy atom. The smallest absolute Gasteiger partial charge is 0.309 e. The molecule has 1 saturated heterocycles. The summed E-state index contributed by atoms with van der Waals surface area (Å²) in [5, 5.41) is 0. The minimum atomic E-state index is -3.59. The zero-order valence-electron chi connectivity index (χ0n) is 18.1. The number of aromatic nitrogens is 2. The number of morpholine rings is 1. The van der Waals surface area contributed by atoms with E-state index in [1.165, 1.54) is 10.7 Å². The number of sulfonamides is 1. The number of hydrogen-bond acceptors (Lipinski definition) is 6. The second-order valence-corrected chi connectivity index (χ2v) is 10.2. The van der Waals surface area contributed by atoms with Gasteiger partial charge in [-0.05, 0) is 37.5 Å². The van der Waals surface area contributed by atoms with Crippen LogP contribution in [0, 0.1) is 5.92 Å². The second-order valence-electron chi connectivity index (χ2n) is 8.29. The monoisotopic (exact) mass is 449 g/mol. The van der Waals surface area contributed by atoms with E-state index in [1.54, 1.807) is 18.2 Å². The number of nitrogens with zero attached hydrogens (tertiary/aromatic N) is 3. The Hall–Kier alpha value is -1.97. The van der Waals surface area contributed by atoms with Gasteiger partial charge in [0.25, 0.3) is 0 Å². The fourth-order valence-corrected chi connectivity index (χ4v) is 5.86. The lowest BCUT2D eigenvalue weighted by Crippen LogP contribution is -2.40. The standard InChI is InChI=1S/C22H31N3O5S/c1-2-10-25-20-9-8-18(31(27,28)24-11-13-29-14-12-24)15-19(20)23-21(25)16-30-22(26)17-6-4-3-5-7-17/h8-9,15,17H,2-7,10-14,16H2,1H3. The summed E-state index contributed by atoms with van der Waals surface area (Å²) < 4.78 is 40.4. The van der Waals surface area contributed by atoms with Crippen molar-refractivity contribution < 1.29 is 22.7 Å². The minimum absolute atomic E-state index is 0.0111. The summed E-state index contributed by atoms with van der Waals surface area (Å²) in [5.41, 5.74) is 1.46. The van der Waals surface area contributed by atoms with Gasteiger partial charge in [-0.25, -0.2) is 13.4 Å². The van der Waals surface area contributed by atoms with Gasteiger partial charge in [0.1, 0.15) is 12.4 Å². The van der Waals surface area contributed by atoms with Gasteiger partial charge in [-0.15, -0.1) is 0 Å². The normalized spacial score (nSPS) is 19.0. The molecule has 170 valence electrons. The fourth-order valence-electron chi connectivity index (χ4n) is 4.43. The van der Waals surface area contributed by atoms with Crippen molar-refractivity contribution in [3.8, 4) is 0 Å². The minimum Gasteiger partial charge on any atom is -0.457 e. The Kier molecular flexibility index (Phi) is 6.93. The highest BCUT2D eigenvalue weighted by atomic mass is 32.2. The van der Waals surface area contributed by atoms with Crippen LogP contribution in [0.5, 0.6) is 0 Å². The number of carbonyl (C=O) groups is 1. The van der Waals surface area contributed by atoms with Gasteiger partial charge < -0.3 is 14.0 Å². The van der Waals surface area contributed by atoms with Crippen molar-refractivity contribution in [1.82, 2.24) is 13.9 Å². The maximum Gasteiger partial charge on any atom is 0.309 e. The van der Waals surface area contributed by atoms with Crippen LogP contribution in [-0.2, 0) is 37.4 Å². The quantitative estimate of drug-likeness (QED) is 0.604. The van der Waals surface area contributed by atoms with Crippen molar-refractivity contribution in [3.63, 3.8) is 0 Å². The molecule has 4 rings (SSSR count).